The van der Waals surface area contributed by atoms with Crippen molar-refractivity contribution < 1.29 is 53.8 Å². The van der Waals surface area contributed by atoms with Gasteiger partial charge in [-0.15, -0.1) is 0 Å². The fourth-order valence-corrected chi connectivity index (χ4v) is 2.79. The summed E-state index contributed by atoms with van der Waals surface area (Å²) in [5.74, 6) is -8.18. The van der Waals surface area contributed by atoms with Crippen LogP contribution >= 0.6 is 0 Å². The van der Waals surface area contributed by atoms with Crippen molar-refractivity contribution in [2.45, 2.75) is 31.7 Å². The molecule has 7 nitrogen and oxygen atoms in total. The van der Waals surface area contributed by atoms with E-state index < -0.39 is 59.0 Å². The summed E-state index contributed by atoms with van der Waals surface area (Å²) in [6, 6.07) is 0. The summed E-state index contributed by atoms with van der Waals surface area (Å²) < 4.78 is 111. The van der Waals surface area contributed by atoms with Gasteiger partial charge in [-0.25, -0.2) is 8.42 Å². The van der Waals surface area contributed by atoms with E-state index in [-0.39, 0.29) is 6.26 Å². The zero-order chi connectivity index (χ0) is 20.3. The topological polar surface area (TPSA) is 98.8 Å². The molecule has 0 radical (unpaired) electrons. The first-order valence-electron chi connectivity index (χ1n) is 6.50. The van der Waals surface area contributed by atoms with Crippen molar-refractivity contribution in [2.24, 2.45) is 5.92 Å². The summed E-state index contributed by atoms with van der Waals surface area (Å²) >= 11 is 0. The maximum atomic E-state index is 13.4. The molecule has 148 valence electrons. The molecule has 0 aromatic heterocycles. The normalized spacial score (nSPS) is 13.7. The number of carbonyl (C=O) groups is 2. The van der Waals surface area contributed by atoms with E-state index in [4.69, 9.17) is 0 Å². The van der Waals surface area contributed by atoms with Crippen molar-refractivity contribution in [1.29, 1.82) is 0 Å². The minimum absolute atomic E-state index is 0.00655. The van der Waals surface area contributed by atoms with Crippen LogP contribution in [0.3, 0.4) is 0 Å². The summed E-state index contributed by atoms with van der Waals surface area (Å²) in [7, 11) is -5.20. The molecule has 1 N–H and O–H groups in total. The van der Waals surface area contributed by atoms with Gasteiger partial charge in [0.15, 0.2) is 5.92 Å². The predicted molar refractivity (Wildman–Crippen MR) is 69.6 cm³/mol. The van der Waals surface area contributed by atoms with Crippen molar-refractivity contribution in [1.82, 2.24) is 4.72 Å². The van der Waals surface area contributed by atoms with Gasteiger partial charge in [0.1, 0.15) is 0 Å². The molecule has 14 heteroatoms. The minimum atomic E-state index is -6.43. The van der Waals surface area contributed by atoms with Gasteiger partial charge in [-0.1, -0.05) is 0 Å². The molecule has 0 fully saturated rings. The van der Waals surface area contributed by atoms with Gasteiger partial charge in [0.2, 0.25) is 15.6 Å². The van der Waals surface area contributed by atoms with E-state index in [1.54, 1.807) is 0 Å². The smallest absolute Gasteiger partial charge is 0.417 e. The molecule has 0 amide bonds. The Hall–Kier alpha value is -1.57. The molecular weight excluding hydrogens is 388 g/mol. The van der Waals surface area contributed by atoms with Crippen LogP contribution in [0.2, 0.25) is 0 Å². The Labute approximate surface area is 138 Å². The van der Waals surface area contributed by atoms with Crippen molar-refractivity contribution in [3.63, 3.8) is 0 Å². The first-order valence-corrected chi connectivity index (χ1v) is 8.40. The van der Waals surface area contributed by atoms with E-state index >= 15 is 0 Å². The molecule has 0 spiro atoms. The van der Waals surface area contributed by atoms with E-state index in [1.165, 1.54) is 0 Å². The van der Waals surface area contributed by atoms with Gasteiger partial charge in [0, 0.05) is 0 Å². The first-order chi connectivity index (χ1) is 11.0. The molecule has 0 saturated heterocycles. The Morgan fingerprint density at radius 1 is 0.920 bits per heavy atom. The molecule has 0 aliphatic rings. The molecule has 0 aromatic rings. The summed E-state index contributed by atoms with van der Waals surface area (Å²) in [6.45, 7) is 0.790. The number of alkyl halides is 6. The third kappa shape index (κ3) is 5.20. The fourth-order valence-electron chi connectivity index (χ4n) is 1.86. The summed E-state index contributed by atoms with van der Waals surface area (Å²) in [5.41, 5.74) is -5.47. The van der Waals surface area contributed by atoms with Gasteiger partial charge in [0.25, 0.3) is 0 Å². The lowest BCUT2D eigenvalue weighted by atomic mass is 9.83. The fraction of sp³-hybridized carbons (Fsp3) is 0.818. The third-order valence-electron chi connectivity index (χ3n) is 2.72. The van der Waals surface area contributed by atoms with Gasteiger partial charge < -0.3 is 9.47 Å². The number of sulfonamides is 1. The van der Waals surface area contributed by atoms with Crippen LogP contribution in [0.25, 0.3) is 0 Å². The number of ether oxygens (including phenoxy) is 2. The summed E-state index contributed by atoms with van der Waals surface area (Å²) in [6.07, 6.45) is -12.9. The third-order valence-corrected chi connectivity index (χ3v) is 3.41. The van der Waals surface area contributed by atoms with Crippen LogP contribution < -0.4 is 4.72 Å². The molecule has 0 rings (SSSR count). The van der Waals surface area contributed by atoms with Gasteiger partial charge >= 0.3 is 24.3 Å². The van der Waals surface area contributed by atoms with Crippen LogP contribution in [-0.4, -0.2) is 57.7 Å². The standard InChI is InChI=1S/C11H15F6NO6S/c1-4-23-7(19)6(8(20)24-5-2)9(10(12,13)14,11(15,16)17)18-25(3,21)22/h6,18H,4-5H2,1-3H3. The molecular formula is C11H15F6NO6S. The van der Waals surface area contributed by atoms with Gasteiger partial charge in [0.05, 0.1) is 19.5 Å². The second kappa shape index (κ2) is 7.76. The Bertz CT molecular complexity index is 567. The summed E-state index contributed by atoms with van der Waals surface area (Å²) in [5, 5.41) is 0. The SMILES string of the molecule is CCOC(=O)C(C(=O)OCC)C(NS(C)(=O)=O)(C(F)(F)F)C(F)(F)F. The monoisotopic (exact) mass is 403 g/mol. The van der Waals surface area contributed by atoms with Gasteiger partial charge in [-0.3, -0.25) is 9.59 Å². The van der Waals surface area contributed by atoms with Crippen molar-refractivity contribution >= 4 is 22.0 Å². The molecule has 0 saturated carbocycles. The molecule has 0 aromatic carbocycles. The predicted octanol–water partition coefficient (Wildman–Crippen LogP) is 1.14. The maximum absolute atomic E-state index is 13.4. The van der Waals surface area contributed by atoms with E-state index in [0.29, 0.717) is 4.72 Å². The maximum Gasteiger partial charge on any atom is 0.417 e. The molecule has 0 heterocycles. The minimum Gasteiger partial charge on any atom is -0.465 e. The lowest BCUT2D eigenvalue weighted by molar-refractivity contribution is -0.315. The Kier molecular flexibility index (Phi) is 7.27. The van der Waals surface area contributed by atoms with E-state index in [2.05, 4.69) is 9.47 Å². The van der Waals surface area contributed by atoms with E-state index in [9.17, 15) is 44.3 Å². The number of hydrogen-bond acceptors (Lipinski definition) is 6. The molecule has 0 bridgehead atoms. The summed E-state index contributed by atoms with van der Waals surface area (Å²) in [4.78, 5) is 23.5. The number of hydrogen-bond donors (Lipinski definition) is 1. The van der Waals surface area contributed by atoms with Crippen LogP contribution in [0.1, 0.15) is 13.8 Å². The zero-order valence-corrected chi connectivity index (χ0v) is 13.9. The second-order valence-electron chi connectivity index (χ2n) is 4.61. The lowest BCUT2D eigenvalue weighted by Gasteiger charge is -2.40. The largest absolute Gasteiger partial charge is 0.465 e. The van der Waals surface area contributed by atoms with Crippen LogP contribution in [0.15, 0.2) is 0 Å². The highest BCUT2D eigenvalue weighted by Crippen LogP contribution is 2.49. The number of rotatable bonds is 7. The van der Waals surface area contributed by atoms with Crippen LogP contribution in [0, 0.1) is 5.92 Å². The quantitative estimate of drug-likeness (QED) is 0.389. The van der Waals surface area contributed by atoms with Gasteiger partial charge in [-0.05, 0) is 13.8 Å². The van der Waals surface area contributed by atoms with E-state index in [1.807, 2.05) is 0 Å². The highest BCUT2D eigenvalue weighted by Gasteiger charge is 2.79. The average molecular weight is 403 g/mol. The van der Waals surface area contributed by atoms with Crippen LogP contribution in [0.5, 0.6) is 0 Å². The Morgan fingerprint density at radius 3 is 1.44 bits per heavy atom. The molecule has 0 aliphatic carbocycles. The highest BCUT2D eigenvalue weighted by molar-refractivity contribution is 7.88. The first kappa shape index (κ1) is 23.4. The van der Waals surface area contributed by atoms with E-state index in [0.717, 1.165) is 13.8 Å². The number of halogens is 6. The van der Waals surface area contributed by atoms with Crippen LogP contribution in [0.4, 0.5) is 26.3 Å². The van der Waals surface area contributed by atoms with Gasteiger partial charge in [-0.2, -0.15) is 31.1 Å². The Morgan fingerprint density at radius 2 is 1.24 bits per heavy atom. The molecule has 0 aliphatic heterocycles. The van der Waals surface area contributed by atoms with Crippen molar-refractivity contribution in [3.8, 4) is 0 Å². The number of carbonyl (C=O) groups excluding carboxylic acids is 2. The zero-order valence-electron chi connectivity index (χ0n) is 13.1. The number of esters is 2. The Balaban J connectivity index is 6.82. The number of nitrogens with one attached hydrogen (secondary N) is 1. The van der Waals surface area contributed by atoms with Crippen molar-refractivity contribution in [2.75, 3.05) is 19.5 Å². The molecule has 25 heavy (non-hydrogen) atoms. The van der Waals surface area contributed by atoms with Crippen molar-refractivity contribution in [3.05, 3.63) is 0 Å². The lowest BCUT2D eigenvalue weighted by Crippen LogP contribution is -2.74. The highest BCUT2D eigenvalue weighted by atomic mass is 32.2. The molecule has 0 unspecified atom stereocenters. The molecule has 0 atom stereocenters. The van der Waals surface area contributed by atoms with Crippen LogP contribution in [-0.2, 0) is 29.1 Å². The second-order valence-corrected chi connectivity index (χ2v) is 6.36. The average Bonchev–Trinajstić information content (AvgIpc) is 2.34.